The minimum Gasteiger partial charge on any atom is -0.390 e. The summed E-state index contributed by atoms with van der Waals surface area (Å²) >= 11 is 5.13. The van der Waals surface area contributed by atoms with Gasteiger partial charge in [0.1, 0.15) is 6.10 Å². The van der Waals surface area contributed by atoms with Gasteiger partial charge >= 0.3 is 0 Å². The maximum atomic E-state index is 10.0. The van der Waals surface area contributed by atoms with E-state index in [2.05, 4.69) is 15.0 Å². The minimum absolute atomic E-state index is 0.144. The molecule has 2 unspecified atom stereocenters. The van der Waals surface area contributed by atoms with Crippen LogP contribution in [-0.2, 0) is 0 Å². The molecule has 1 aromatic carbocycles. The van der Waals surface area contributed by atoms with Crippen LogP contribution in [0.25, 0.3) is 16.1 Å². The van der Waals surface area contributed by atoms with Gasteiger partial charge in [-0.25, -0.2) is 0 Å². The number of rotatable bonds is 6. The number of benzene rings is 1. The highest BCUT2D eigenvalue weighted by atomic mass is 32.1. The van der Waals surface area contributed by atoms with Crippen LogP contribution < -0.4 is 0 Å². The predicted molar refractivity (Wildman–Crippen MR) is 80.6 cm³/mol. The third kappa shape index (κ3) is 3.71. The first-order valence-electron chi connectivity index (χ1n) is 6.37. The second-order valence-corrected chi connectivity index (χ2v) is 4.87. The van der Waals surface area contributed by atoms with Crippen LogP contribution in [0.5, 0.6) is 0 Å². The third-order valence-electron chi connectivity index (χ3n) is 3.11. The molecule has 1 aromatic heterocycles. The molecule has 21 heavy (non-hydrogen) atoms. The smallest absolute Gasteiger partial charge is 0.181 e. The molecule has 0 radical (unpaired) electrons. The number of hydrogen-bond acceptors (Lipinski definition) is 4. The first-order chi connectivity index (χ1) is 10.1. The van der Waals surface area contributed by atoms with Crippen LogP contribution in [0.2, 0.25) is 0 Å². The number of nitrogens with zero attached hydrogens (tertiary/aromatic N) is 4. The molecule has 3 N–H and O–H groups in total. The number of azide groups is 1. The van der Waals surface area contributed by atoms with E-state index >= 15 is 0 Å². The van der Waals surface area contributed by atoms with Crippen LogP contribution >= 0.6 is 12.2 Å². The van der Waals surface area contributed by atoms with Crippen molar-refractivity contribution in [3.05, 3.63) is 57.4 Å². The van der Waals surface area contributed by atoms with Crippen LogP contribution in [0.3, 0.4) is 0 Å². The lowest BCUT2D eigenvalue weighted by Gasteiger charge is -2.17. The van der Waals surface area contributed by atoms with Crippen molar-refractivity contribution in [3.63, 3.8) is 0 Å². The zero-order valence-corrected chi connectivity index (χ0v) is 11.9. The Morgan fingerprint density at radius 2 is 2.05 bits per heavy atom. The van der Waals surface area contributed by atoms with Crippen molar-refractivity contribution in [1.82, 2.24) is 9.55 Å². The highest BCUT2D eigenvalue weighted by Crippen LogP contribution is 2.20. The summed E-state index contributed by atoms with van der Waals surface area (Å²) in [6, 6.07) is 7.07. The van der Waals surface area contributed by atoms with Gasteiger partial charge in [0.15, 0.2) is 4.77 Å². The molecule has 1 heterocycles. The molecule has 2 rings (SSSR count). The van der Waals surface area contributed by atoms with Crippen LogP contribution in [0.1, 0.15) is 18.1 Å². The molecule has 0 aliphatic carbocycles. The summed E-state index contributed by atoms with van der Waals surface area (Å²) in [4.78, 5) is 5.50. The number of aromatic amines is 1. The largest absolute Gasteiger partial charge is 0.390 e. The standard InChI is InChI=1S/C13H15N5O2S/c14-17-16-6-5-11(19)12(20)9-1-3-10(4-2-9)18-8-7-15-13(18)21/h1-4,7-8,11-12,19-20H,5-6H2,(H,15,21). The second-order valence-electron chi connectivity index (χ2n) is 4.48. The van der Waals surface area contributed by atoms with Crippen molar-refractivity contribution in [3.8, 4) is 5.69 Å². The minimum atomic E-state index is -1.02. The molecular formula is C13H15N5O2S. The third-order valence-corrected chi connectivity index (χ3v) is 3.43. The van der Waals surface area contributed by atoms with Crippen LogP contribution in [-0.4, -0.2) is 32.4 Å². The Labute approximate surface area is 126 Å². The van der Waals surface area contributed by atoms with Crippen molar-refractivity contribution in [2.24, 2.45) is 5.11 Å². The van der Waals surface area contributed by atoms with E-state index < -0.39 is 12.2 Å². The summed E-state index contributed by atoms with van der Waals surface area (Å²) in [6.45, 7) is 0.144. The fraction of sp³-hybridized carbons (Fsp3) is 0.308. The molecule has 8 heteroatoms. The fourth-order valence-corrected chi connectivity index (χ4v) is 2.20. The predicted octanol–water partition coefficient (Wildman–Crippen LogP) is 2.63. The SMILES string of the molecule is [N-]=[N+]=NCCC(O)C(O)c1ccc(-n2cc[nH]c2=S)cc1. The van der Waals surface area contributed by atoms with Gasteiger partial charge in [-0.05, 0) is 41.9 Å². The number of aliphatic hydroxyl groups is 2. The zero-order valence-electron chi connectivity index (χ0n) is 11.1. The van der Waals surface area contributed by atoms with Gasteiger partial charge in [-0.2, -0.15) is 0 Å². The Morgan fingerprint density at radius 1 is 1.33 bits per heavy atom. The number of aromatic nitrogens is 2. The molecule has 0 saturated heterocycles. The van der Waals surface area contributed by atoms with Gasteiger partial charge < -0.3 is 15.2 Å². The molecule has 0 spiro atoms. The normalized spacial score (nSPS) is 13.4. The molecule has 2 aromatic rings. The maximum Gasteiger partial charge on any atom is 0.181 e. The lowest BCUT2D eigenvalue weighted by Crippen LogP contribution is -2.19. The zero-order chi connectivity index (χ0) is 15.2. The van der Waals surface area contributed by atoms with E-state index in [-0.39, 0.29) is 13.0 Å². The maximum absolute atomic E-state index is 10.0. The second kappa shape index (κ2) is 7.05. The highest BCUT2D eigenvalue weighted by molar-refractivity contribution is 7.71. The highest BCUT2D eigenvalue weighted by Gasteiger charge is 2.17. The fourth-order valence-electron chi connectivity index (χ4n) is 1.97. The van der Waals surface area contributed by atoms with Crippen molar-refractivity contribution in [2.45, 2.75) is 18.6 Å². The van der Waals surface area contributed by atoms with Crippen LogP contribution in [0, 0.1) is 4.77 Å². The number of H-pyrrole nitrogens is 1. The molecule has 110 valence electrons. The van der Waals surface area contributed by atoms with Gasteiger partial charge in [-0.3, -0.25) is 4.57 Å². The molecule has 2 atom stereocenters. The Kier molecular flexibility index (Phi) is 5.13. The lowest BCUT2D eigenvalue weighted by molar-refractivity contribution is 0.0150. The van der Waals surface area contributed by atoms with Crippen molar-refractivity contribution in [1.29, 1.82) is 0 Å². The lowest BCUT2D eigenvalue weighted by atomic mass is 10.0. The topological polar surface area (TPSA) is 110 Å². The van der Waals surface area contributed by atoms with E-state index in [1.807, 2.05) is 18.3 Å². The summed E-state index contributed by atoms with van der Waals surface area (Å²) in [7, 11) is 0. The summed E-state index contributed by atoms with van der Waals surface area (Å²) in [5, 5.41) is 23.2. The molecule has 0 saturated carbocycles. The van der Waals surface area contributed by atoms with Gasteiger partial charge in [0.05, 0.1) is 6.10 Å². The van der Waals surface area contributed by atoms with Crippen LogP contribution in [0.4, 0.5) is 0 Å². The summed E-state index contributed by atoms with van der Waals surface area (Å²) in [5.41, 5.74) is 9.63. The first-order valence-corrected chi connectivity index (χ1v) is 6.77. The van der Waals surface area contributed by atoms with Gasteiger partial charge in [0, 0.05) is 29.5 Å². The Hall–Kier alpha value is -2.12. The van der Waals surface area contributed by atoms with Gasteiger partial charge in [0.2, 0.25) is 0 Å². The van der Waals surface area contributed by atoms with Gasteiger partial charge in [-0.15, -0.1) is 0 Å². The van der Waals surface area contributed by atoms with E-state index in [4.69, 9.17) is 17.7 Å². The number of imidazole rings is 1. The summed E-state index contributed by atoms with van der Waals surface area (Å²) in [5.74, 6) is 0. The van der Waals surface area contributed by atoms with Gasteiger partial charge in [-0.1, -0.05) is 17.2 Å². The molecule has 0 aliphatic rings. The molecule has 0 bridgehead atoms. The summed E-state index contributed by atoms with van der Waals surface area (Å²) in [6.07, 6.45) is 1.76. The van der Waals surface area contributed by atoms with E-state index in [1.165, 1.54) is 0 Å². The number of aliphatic hydroxyl groups excluding tert-OH is 2. The Morgan fingerprint density at radius 3 is 2.62 bits per heavy atom. The molecule has 7 nitrogen and oxygen atoms in total. The average Bonchev–Trinajstić information content (AvgIpc) is 2.93. The Balaban J connectivity index is 2.09. The number of nitrogens with one attached hydrogen (secondary N) is 1. The van der Waals surface area contributed by atoms with E-state index in [1.54, 1.807) is 22.9 Å². The van der Waals surface area contributed by atoms with E-state index in [9.17, 15) is 10.2 Å². The molecule has 0 aliphatic heterocycles. The van der Waals surface area contributed by atoms with E-state index in [0.717, 1.165) is 5.69 Å². The van der Waals surface area contributed by atoms with Gasteiger partial charge in [0.25, 0.3) is 0 Å². The quantitative estimate of drug-likeness (QED) is 0.330. The van der Waals surface area contributed by atoms with Crippen molar-refractivity contribution < 1.29 is 10.2 Å². The molecular weight excluding hydrogens is 290 g/mol. The Bertz CT molecular complexity index is 687. The van der Waals surface area contributed by atoms with E-state index in [0.29, 0.717) is 10.3 Å². The summed E-state index contributed by atoms with van der Waals surface area (Å²) < 4.78 is 2.38. The molecule has 0 fully saturated rings. The first kappa shape index (κ1) is 15.3. The van der Waals surface area contributed by atoms with Crippen molar-refractivity contribution >= 4 is 12.2 Å². The van der Waals surface area contributed by atoms with Crippen LogP contribution in [0.15, 0.2) is 41.8 Å². The number of hydrogen-bond donors (Lipinski definition) is 3. The molecule has 0 amide bonds. The average molecular weight is 305 g/mol. The van der Waals surface area contributed by atoms with Crippen molar-refractivity contribution in [2.75, 3.05) is 6.54 Å². The monoisotopic (exact) mass is 305 g/mol.